The molecule has 0 radical (unpaired) electrons. The highest BCUT2D eigenvalue weighted by Crippen LogP contribution is 2.22. The van der Waals surface area contributed by atoms with Gasteiger partial charge in [-0.25, -0.2) is 9.97 Å². The van der Waals surface area contributed by atoms with E-state index in [1.54, 1.807) is 27.8 Å². The maximum atomic E-state index is 5.84. The van der Waals surface area contributed by atoms with Crippen LogP contribution in [0.2, 0.25) is 0 Å². The summed E-state index contributed by atoms with van der Waals surface area (Å²) < 4.78 is 3.42. The molecule has 0 saturated heterocycles. The van der Waals surface area contributed by atoms with Crippen molar-refractivity contribution in [3.05, 3.63) is 30.9 Å². The molecule has 3 aromatic heterocycles. The molecule has 7 nitrogen and oxygen atoms in total. The lowest BCUT2D eigenvalue weighted by atomic mass is 10.2. The number of aryl methyl sites for hydroxylation is 2. The predicted octanol–water partition coefficient (Wildman–Crippen LogP) is 0.860. The molecule has 0 aliphatic carbocycles. The summed E-state index contributed by atoms with van der Waals surface area (Å²) in [7, 11) is 3.70. The van der Waals surface area contributed by atoms with Crippen molar-refractivity contribution in [2.24, 2.45) is 14.1 Å². The van der Waals surface area contributed by atoms with Crippen LogP contribution in [0.5, 0.6) is 0 Å². The predicted molar refractivity (Wildman–Crippen MR) is 70.8 cm³/mol. The van der Waals surface area contributed by atoms with E-state index in [9.17, 15) is 0 Å². The molecule has 0 spiro atoms. The van der Waals surface area contributed by atoms with Crippen LogP contribution in [0.1, 0.15) is 0 Å². The van der Waals surface area contributed by atoms with Gasteiger partial charge in [0.2, 0.25) is 0 Å². The van der Waals surface area contributed by atoms with Crippen LogP contribution in [0.25, 0.3) is 22.6 Å². The number of anilines is 1. The number of hydrogen-bond acceptors (Lipinski definition) is 5. The van der Waals surface area contributed by atoms with Crippen molar-refractivity contribution in [3.8, 4) is 22.6 Å². The van der Waals surface area contributed by atoms with E-state index < -0.39 is 0 Å². The average Bonchev–Trinajstić information content (AvgIpc) is 2.97. The molecule has 0 aliphatic heterocycles. The smallest absolute Gasteiger partial charge is 0.165 e. The SMILES string of the molecule is Cn1cc(-c2cc(N)nc(-c3cnn(C)c3)n2)cn1. The molecule has 3 rings (SSSR count). The van der Waals surface area contributed by atoms with Gasteiger partial charge in [0.15, 0.2) is 5.82 Å². The van der Waals surface area contributed by atoms with E-state index in [-0.39, 0.29) is 0 Å². The molecule has 3 aromatic rings. The maximum Gasteiger partial charge on any atom is 0.165 e. The monoisotopic (exact) mass is 255 g/mol. The van der Waals surface area contributed by atoms with Gasteiger partial charge >= 0.3 is 0 Å². The normalized spacial score (nSPS) is 10.8. The van der Waals surface area contributed by atoms with E-state index in [0.29, 0.717) is 11.6 Å². The Morgan fingerprint density at radius 1 is 0.947 bits per heavy atom. The highest BCUT2D eigenvalue weighted by molar-refractivity contribution is 5.65. The van der Waals surface area contributed by atoms with Crippen LogP contribution in [0.4, 0.5) is 5.82 Å². The van der Waals surface area contributed by atoms with E-state index in [4.69, 9.17) is 5.73 Å². The minimum absolute atomic E-state index is 0.424. The van der Waals surface area contributed by atoms with E-state index in [0.717, 1.165) is 16.8 Å². The second-order valence-electron chi connectivity index (χ2n) is 4.31. The van der Waals surface area contributed by atoms with Crippen molar-refractivity contribution in [1.29, 1.82) is 0 Å². The number of hydrogen-bond donors (Lipinski definition) is 1. The third-order valence-electron chi connectivity index (χ3n) is 2.71. The van der Waals surface area contributed by atoms with Gasteiger partial charge in [0.25, 0.3) is 0 Å². The van der Waals surface area contributed by atoms with Crippen LogP contribution >= 0.6 is 0 Å². The van der Waals surface area contributed by atoms with Gasteiger partial charge in [0, 0.05) is 38.1 Å². The summed E-state index contributed by atoms with van der Waals surface area (Å²) in [4.78, 5) is 8.74. The number of rotatable bonds is 2. The zero-order valence-corrected chi connectivity index (χ0v) is 10.6. The van der Waals surface area contributed by atoms with E-state index >= 15 is 0 Å². The standard InChI is InChI=1S/C12H13N7/c1-18-6-8(4-14-18)10-3-11(13)17-12(16-10)9-5-15-19(2)7-9/h3-7H,1-2H3,(H2,13,16,17). The summed E-state index contributed by atoms with van der Waals surface area (Å²) in [6, 6.07) is 1.73. The summed E-state index contributed by atoms with van der Waals surface area (Å²) in [5, 5.41) is 8.24. The number of nitrogens with two attached hydrogens (primary N) is 1. The second-order valence-corrected chi connectivity index (χ2v) is 4.31. The summed E-state index contributed by atoms with van der Waals surface area (Å²) >= 11 is 0. The minimum Gasteiger partial charge on any atom is -0.384 e. The summed E-state index contributed by atoms with van der Waals surface area (Å²) in [5.74, 6) is 0.986. The molecule has 2 N–H and O–H groups in total. The van der Waals surface area contributed by atoms with Gasteiger partial charge in [-0.1, -0.05) is 0 Å². The second kappa shape index (κ2) is 4.20. The van der Waals surface area contributed by atoms with E-state index in [1.165, 1.54) is 0 Å². The molecule has 0 amide bonds. The van der Waals surface area contributed by atoms with Gasteiger partial charge in [0.1, 0.15) is 5.82 Å². The first-order valence-corrected chi connectivity index (χ1v) is 5.74. The molecule has 0 fully saturated rings. The van der Waals surface area contributed by atoms with Gasteiger partial charge in [0.05, 0.1) is 23.7 Å². The van der Waals surface area contributed by atoms with Crippen molar-refractivity contribution < 1.29 is 0 Å². The first-order valence-electron chi connectivity index (χ1n) is 5.74. The summed E-state index contributed by atoms with van der Waals surface area (Å²) in [5.41, 5.74) is 8.33. The summed E-state index contributed by atoms with van der Waals surface area (Å²) in [6.07, 6.45) is 7.19. The molecule has 7 heteroatoms. The number of aromatic nitrogens is 6. The molecular weight excluding hydrogens is 242 g/mol. The van der Waals surface area contributed by atoms with Gasteiger partial charge in [-0.2, -0.15) is 10.2 Å². The highest BCUT2D eigenvalue weighted by Gasteiger charge is 2.09. The van der Waals surface area contributed by atoms with Crippen LogP contribution in [0, 0.1) is 0 Å². The first kappa shape index (κ1) is 11.4. The lowest BCUT2D eigenvalue weighted by Crippen LogP contribution is -1.97. The van der Waals surface area contributed by atoms with Gasteiger partial charge < -0.3 is 5.73 Å². The number of nitrogens with zero attached hydrogens (tertiary/aromatic N) is 6. The fourth-order valence-corrected chi connectivity index (χ4v) is 1.83. The summed E-state index contributed by atoms with van der Waals surface area (Å²) in [6.45, 7) is 0. The molecule has 0 bridgehead atoms. The minimum atomic E-state index is 0.424. The molecular formula is C12H13N7. The van der Waals surface area contributed by atoms with Gasteiger partial charge in [-0.05, 0) is 0 Å². The Hall–Kier alpha value is -2.70. The molecule has 0 saturated carbocycles. The molecule has 19 heavy (non-hydrogen) atoms. The average molecular weight is 255 g/mol. The van der Waals surface area contributed by atoms with Crippen LogP contribution < -0.4 is 5.73 Å². The Bertz CT molecular complexity index is 667. The fourth-order valence-electron chi connectivity index (χ4n) is 1.83. The van der Waals surface area contributed by atoms with E-state index in [2.05, 4.69) is 20.2 Å². The lowest BCUT2D eigenvalue weighted by Gasteiger charge is -2.02. The van der Waals surface area contributed by atoms with Gasteiger partial charge in [-0.3, -0.25) is 9.36 Å². The Kier molecular flexibility index (Phi) is 2.52. The Labute approximate surface area is 109 Å². The quantitative estimate of drug-likeness (QED) is 0.733. The highest BCUT2D eigenvalue weighted by atomic mass is 15.2. The third kappa shape index (κ3) is 2.17. The molecule has 0 atom stereocenters. The van der Waals surface area contributed by atoms with Crippen LogP contribution in [-0.2, 0) is 14.1 Å². The lowest BCUT2D eigenvalue weighted by molar-refractivity contribution is 0.768. The van der Waals surface area contributed by atoms with Crippen LogP contribution in [0.15, 0.2) is 30.9 Å². The molecule has 0 aromatic carbocycles. The van der Waals surface area contributed by atoms with Crippen molar-refractivity contribution in [2.45, 2.75) is 0 Å². The van der Waals surface area contributed by atoms with Crippen molar-refractivity contribution in [2.75, 3.05) is 5.73 Å². The maximum absolute atomic E-state index is 5.84. The number of nitrogen functional groups attached to an aromatic ring is 1. The Morgan fingerprint density at radius 3 is 2.16 bits per heavy atom. The van der Waals surface area contributed by atoms with Crippen LogP contribution in [-0.4, -0.2) is 29.5 Å². The molecule has 0 aliphatic rings. The molecule has 0 unspecified atom stereocenters. The van der Waals surface area contributed by atoms with Gasteiger partial charge in [-0.15, -0.1) is 0 Å². The molecule has 3 heterocycles. The van der Waals surface area contributed by atoms with Crippen molar-refractivity contribution >= 4 is 5.82 Å². The topological polar surface area (TPSA) is 87.4 Å². The molecule has 96 valence electrons. The van der Waals surface area contributed by atoms with E-state index in [1.807, 2.05) is 26.5 Å². The Morgan fingerprint density at radius 2 is 1.58 bits per heavy atom. The van der Waals surface area contributed by atoms with Crippen molar-refractivity contribution in [3.63, 3.8) is 0 Å². The zero-order chi connectivity index (χ0) is 13.4. The Balaban J connectivity index is 2.10. The van der Waals surface area contributed by atoms with Crippen LogP contribution in [0.3, 0.4) is 0 Å². The fraction of sp³-hybridized carbons (Fsp3) is 0.167. The largest absolute Gasteiger partial charge is 0.384 e. The third-order valence-corrected chi connectivity index (χ3v) is 2.71. The first-order chi connectivity index (χ1) is 9.11. The zero-order valence-electron chi connectivity index (χ0n) is 10.6. The van der Waals surface area contributed by atoms with Crippen molar-refractivity contribution in [1.82, 2.24) is 29.5 Å².